The second-order valence-corrected chi connectivity index (χ2v) is 11.8. The molecule has 1 N–H and O–H groups in total. The molecule has 38 heavy (non-hydrogen) atoms. The van der Waals surface area contributed by atoms with E-state index in [0.29, 0.717) is 19.6 Å². The number of benzene rings is 2. The highest BCUT2D eigenvalue weighted by Crippen LogP contribution is 2.25. The van der Waals surface area contributed by atoms with Gasteiger partial charge in [0.25, 0.3) is 0 Å². The van der Waals surface area contributed by atoms with E-state index in [-0.39, 0.29) is 19.7 Å². The molecule has 1 aliphatic rings. The van der Waals surface area contributed by atoms with Crippen molar-refractivity contribution in [3.8, 4) is 0 Å². The van der Waals surface area contributed by atoms with Crippen LogP contribution in [0.4, 0.5) is 9.59 Å². The number of piperazine rings is 1. The van der Waals surface area contributed by atoms with Gasteiger partial charge in [0.15, 0.2) is 0 Å². The summed E-state index contributed by atoms with van der Waals surface area (Å²) in [5.41, 5.74) is 0.911. The standard InChI is InChI=1S/C30H43N3O5/c1-29(2,3)37-27(35)32-17-18-33(28(36)38-30(4,5)6)26(22-34)25(32)21-31(19-23-13-9-7-10-14-23)20-24-15-11-8-12-16-24/h7-16,25-26,34H,17-22H2,1-6H3/t25-,26?/m1/s1. The van der Waals surface area contributed by atoms with E-state index >= 15 is 0 Å². The Morgan fingerprint density at radius 1 is 0.763 bits per heavy atom. The van der Waals surface area contributed by atoms with Crippen molar-refractivity contribution < 1.29 is 24.2 Å². The van der Waals surface area contributed by atoms with Crippen LogP contribution in [0.2, 0.25) is 0 Å². The molecule has 1 unspecified atom stereocenters. The Morgan fingerprint density at radius 2 is 1.16 bits per heavy atom. The average molecular weight is 526 g/mol. The summed E-state index contributed by atoms with van der Waals surface area (Å²) in [7, 11) is 0. The molecular weight excluding hydrogens is 482 g/mol. The molecule has 8 nitrogen and oxygen atoms in total. The van der Waals surface area contributed by atoms with Crippen molar-refractivity contribution >= 4 is 12.2 Å². The van der Waals surface area contributed by atoms with E-state index in [4.69, 9.17) is 9.47 Å². The van der Waals surface area contributed by atoms with Gasteiger partial charge in [0.2, 0.25) is 0 Å². The highest BCUT2D eigenvalue weighted by Gasteiger charge is 2.44. The molecule has 208 valence electrons. The monoisotopic (exact) mass is 525 g/mol. The average Bonchev–Trinajstić information content (AvgIpc) is 2.82. The summed E-state index contributed by atoms with van der Waals surface area (Å²) in [5, 5.41) is 10.6. The van der Waals surface area contributed by atoms with E-state index in [1.54, 1.807) is 9.80 Å². The molecule has 0 bridgehead atoms. The Hall–Kier alpha value is -3.10. The zero-order valence-electron chi connectivity index (χ0n) is 23.6. The Bertz CT molecular complexity index is 992. The maximum absolute atomic E-state index is 13.4. The Labute approximate surface area is 227 Å². The lowest BCUT2D eigenvalue weighted by Gasteiger charge is -2.48. The summed E-state index contributed by atoms with van der Waals surface area (Å²) in [5.74, 6) is 0. The molecule has 2 amide bonds. The van der Waals surface area contributed by atoms with Crippen molar-refractivity contribution in [2.24, 2.45) is 0 Å². The van der Waals surface area contributed by atoms with Crippen LogP contribution < -0.4 is 0 Å². The summed E-state index contributed by atoms with van der Waals surface area (Å²) in [6, 6.07) is 19.1. The molecule has 0 spiro atoms. The quantitative estimate of drug-likeness (QED) is 0.553. The number of carbonyl (C=O) groups excluding carboxylic acids is 2. The number of nitrogens with zero attached hydrogens (tertiary/aromatic N) is 3. The van der Waals surface area contributed by atoms with Crippen LogP contribution in [0.25, 0.3) is 0 Å². The van der Waals surface area contributed by atoms with E-state index in [1.807, 2.05) is 77.9 Å². The van der Waals surface area contributed by atoms with Crippen molar-refractivity contribution in [1.29, 1.82) is 0 Å². The molecule has 3 rings (SSSR count). The summed E-state index contributed by atoms with van der Waals surface area (Å²) in [4.78, 5) is 32.0. The zero-order valence-corrected chi connectivity index (χ0v) is 23.6. The Kier molecular flexibility index (Phi) is 9.79. The second-order valence-electron chi connectivity index (χ2n) is 11.8. The highest BCUT2D eigenvalue weighted by atomic mass is 16.6. The summed E-state index contributed by atoms with van der Waals surface area (Å²) < 4.78 is 11.4. The third-order valence-corrected chi connectivity index (χ3v) is 6.21. The molecule has 2 aromatic carbocycles. The molecular formula is C30H43N3O5. The minimum Gasteiger partial charge on any atom is -0.444 e. The molecule has 1 saturated heterocycles. The maximum atomic E-state index is 13.4. The van der Waals surface area contributed by atoms with E-state index in [1.165, 1.54) is 0 Å². The van der Waals surface area contributed by atoms with Crippen LogP contribution in [0.15, 0.2) is 60.7 Å². The van der Waals surface area contributed by atoms with Crippen LogP contribution in [0.1, 0.15) is 52.7 Å². The lowest BCUT2D eigenvalue weighted by atomic mass is 10.0. The maximum Gasteiger partial charge on any atom is 0.410 e. The third-order valence-electron chi connectivity index (χ3n) is 6.21. The van der Waals surface area contributed by atoms with Gasteiger partial charge < -0.3 is 14.6 Å². The largest absolute Gasteiger partial charge is 0.444 e. The van der Waals surface area contributed by atoms with Gasteiger partial charge in [-0.3, -0.25) is 14.7 Å². The summed E-state index contributed by atoms with van der Waals surface area (Å²) >= 11 is 0. The number of amides is 2. The molecule has 0 aliphatic carbocycles. The number of ether oxygens (including phenoxy) is 2. The lowest BCUT2D eigenvalue weighted by molar-refractivity contribution is -0.0504. The first-order valence-electron chi connectivity index (χ1n) is 13.3. The van der Waals surface area contributed by atoms with Gasteiger partial charge in [0, 0.05) is 32.7 Å². The fraction of sp³-hybridized carbons (Fsp3) is 0.533. The third kappa shape index (κ3) is 8.74. The SMILES string of the molecule is CC(C)(C)OC(=O)N1CCN(C(=O)OC(C)(C)C)[C@H](CN(Cc2ccccc2)Cc2ccccc2)C1CO. The van der Waals surface area contributed by atoms with Crippen LogP contribution in [-0.2, 0) is 22.6 Å². The van der Waals surface area contributed by atoms with Gasteiger partial charge >= 0.3 is 12.2 Å². The fourth-order valence-electron chi connectivity index (χ4n) is 4.63. The number of hydrogen-bond acceptors (Lipinski definition) is 6. The van der Waals surface area contributed by atoms with Crippen molar-refractivity contribution in [2.75, 3.05) is 26.2 Å². The van der Waals surface area contributed by atoms with Gasteiger partial charge in [-0.2, -0.15) is 0 Å². The molecule has 0 saturated carbocycles. The Morgan fingerprint density at radius 3 is 1.53 bits per heavy atom. The van der Waals surface area contributed by atoms with E-state index < -0.39 is 35.5 Å². The number of rotatable bonds is 7. The topological polar surface area (TPSA) is 82.5 Å². The van der Waals surface area contributed by atoms with Crippen LogP contribution >= 0.6 is 0 Å². The molecule has 1 fully saturated rings. The van der Waals surface area contributed by atoms with Gasteiger partial charge in [-0.15, -0.1) is 0 Å². The van der Waals surface area contributed by atoms with Gasteiger partial charge in [-0.25, -0.2) is 9.59 Å². The fourth-order valence-corrected chi connectivity index (χ4v) is 4.63. The Balaban J connectivity index is 1.95. The predicted molar refractivity (Wildman–Crippen MR) is 148 cm³/mol. The number of hydrogen-bond donors (Lipinski definition) is 1. The predicted octanol–water partition coefficient (Wildman–Crippen LogP) is 4.91. The van der Waals surface area contributed by atoms with Gasteiger partial charge in [0.05, 0.1) is 18.7 Å². The highest BCUT2D eigenvalue weighted by molar-refractivity contribution is 5.72. The van der Waals surface area contributed by atoms with Gasteiger partial charge in [0.1, 0.15) is 11.2 Å². The van der Waals surface area contributed by atoms with Crippen LogP contribution in [-0.4, -0.2) is 81.5 Å². The van der Waals surface area contributed by atoms with Crippen LogP contribution in [0, 0.1) is 0 Å². The minimum absolute atomic E-state index is 0.243. The molecule has 1 aliphatic heterocycles. The smallest absolute Gasteiger partial charge is 0.410 e. The van der Waals surface area contributed by atoms with Crippen molar-refractivity contribution in [3.63, 3.8) is 0 Å². The molecule has 8 heteroatoms. The summed E-state index contributed by atoms with van der Waals surface area (Å²) in [6.45, 7) is 12.8. The second kappa shape index (κ2) is 12.6. The zero-order chi connectivity index (χ0) is 27.9. The number of carbonyl (C=O) groups is 2. The molecule has 0 radical (unpaired) electrons. The van der Waals surface area contributed by atoms with E-state index in [2.05, 4.69) is 29.2 Å². The summed E-state index contributed by atoms with van der Waals surface area (Å²) in [6.07, 6.45) is -0.952. The molecule has 0 aromatic heterocycles. The molecule has 2 atom stereocenters. The first-order chi connectivity index (χ1) is 17.9. The first kappa shape index (κ1) is 29.5. The van der Waals surface area contributed by atoms with Gasteiger partial charge in [-0.05, 0) is 52.7 Å². The molecule has 1 heterocycles. The number of aliphatic hydroxyl groups excluding tert-OH is 1. The minimum atomic E-state index is -0.679. The van der Waals surface area contributed by atoms with Crippen molar-refractivity contribution in [2.45, 2.75) is 77.9 Å². The lowest BCUT2D eigenvalue weighted by Crippen LogP contribution is -2.66. The molecule has 2 aromatic rings. The van der Waals surface area contributed by atoms with Gasteiger partial charge in [-0.1, -0.05) is 60.7 Å². The normalized spacial score (nSPS) is 18.4. The van der Waals surface area contributed by atoms with Crippen LogP contribution in [0.5, 0.6) is 0 Å². The van der Waals surface area contributed by atoms with Crippen LogP contribution in [0.3, 0.4) is 0 Å². The van der Waals surface area contributed by atoms with Crippen molar-refractivity contribution in [3.05, 3.63) is 71.8 Å². The van der Waals surface area contributed by atoms with Crippen molar-refractivity contribution in [1.82, 2.24) is 14.7 Å². The number of aliphatic hydroxyl groups is 1. The van der Waals surface area contributed by atoms with E-state index in [0.717, 1.165) is 11.1 Å². The first-order valence-corrected chi connectivity index (χ1v) is 13.3. The van der Waals surface area contributed by atoms with E-state index in [9.17, 15) is 14.7 Å².